The Morgan fingerprint density at radius 3 is 2.54 bits per heavy atom. The molecule has 1 aromatic rings. The first kappa shape index (κ1) is 9.77. The van der Waals surface area contributed by atoms with Crippen molar-refractivity contribution in [2.75, 3.05) is 0 Å². The Bertz CT molecular complexity index is 354. The number of rotatable bonds is 1. The minimum absolute atomic E-state index is 0.0573. The van der Waals surface area contributed by atoms with Crippen LogP contribution in [0.1, 0.15) is 32.0 Å². The van der Waals surface area contributed by atoms with Crippen molar-refractivity contribution >= 4 is 5.91 Å². The number of nitrogens with one attached hydrogen (secondary N) is 1. The normalized spacial score (nSPS) is 11.6. The van der Waals surface area contributed by atoms with Gasteiger partial charge in [-0.15, -0.1) is 0 Å². The molecule has 1 aromatic heterocycles. The molecule has 0 saturated carbocycles. The Balaban J connectivity index is 2.75. The first-order valence-electron chi connectivity index (χ1n) is 4.19. The predicted molar refractivity (Wildman–Crippen MR) is 49.8 cm³/mol. The Hall–Kier alpha value is -1.32. The van der Waals surface area contributed by atoms with E-state index in [1.54, 1.807) is 0 Å². The van der Waals surface area contributed by atoms with E-state index in [-0.39, 0.29) is 16.9 Å². The molecule has 1 rings (SSSR count). The highest BCUT2D eigenvalue weighted by Crippen LogP contribution is 2.18. The van der Waals surface area contributed by atoms with E-state index in [0.29, 0.717) is 6.42 Å². The van der Waals surface area contributed by atoms with Crippen LogP contribution in [-0.2, 0) is 0 Å². The minimum atomic E-state index is -0.248. The van der Waals surface area contributed by atoms with Crippen molar-refractivity contribution in [2.24, 2.45) is 5.41 Å². The van der Waals surface area contributed by atoms with Gasteiger partial charge in [0.2, 0.25) is 5.91 Å². The maximum absolute atomic E-state index is 11.5. The third-order valence-corrected chi connectivity index (χ3v) is 1.56. The molecule has 0 amide bonds. The predicted octanol–water partition coefficient (Wildman–Crippen LogP) is 1.25. The molecule has 0 bridgehead atoms. The van der Waals surface area contributed by atoms with Gasteiger partial charge in [0.15, 0.2) is 0 Å². The first-order valence-corrected chi connectivity index (χ1v) is 4.19. The molecule has 0 radical (unpaired) electrons. The van der Waals surface area contributed by atoms with Crippen LogP contribution in [0.5, 0.6) is 0 Å². The molecule has 0 aromatic carbocycles. The maximum Gasteiger partial charge on any atom is 0.264 e. The van der Waals surface area contributed by atoms with E-state index in [1.165, 1.54) is 16.9 Å². The van der Waals surface area contributed by atoms with Crippen LogP contribution in [0, 0.1) is 5.41 Å². The maximum atomic E-state index is 11.5. The Labute approximate surface area is 76.6 Å². The monoisotopic (exact) mass is 182 g/mol. The zero-order chi connectivity index (χ0) is 10.1. The van der Waals surface area contributed by atoms with Crippen LogP contribution >= 0.6 is 0 Å². The van der Waals surface area contributed by atoms with Crippen LogP contribution < -0.4 is 5.56 Å². The summed E-state index contributed by atoms with van der Waals surface area (Å²) in [5.74, 6) is -0.0883. The minimum Gasteiger partial charge on any atom is -0.273 e. The largest absolute Gasteiger partial charge is 0.273 e. The van der Waals surface area contributed by atoms with Crippen LogP contribution in [-0.4, -0.2) is 15.7 Å². The SMILES string of the molecule is CC(C)(C)CC(=O)n1ccc(=O)[nH]1. The molecule has 1 N–H and O–H groups in total. The fraction of sp³-hybridized carbons (Fsp3) is 0.556. The average Bonchev–Trinajstić information content (AvgIpc) is 2.31. The van der Waals surface area contributed by atoms with Gasteiger partial charge < -0.3 is 0 Å². The summed E-state index contributed by atoms with van der Waals surface area (Å²) < 4.78 is 1.23. The summed E-state index contributed by atoms with van der Waals surface area (Å²) in [5, 5.41) is 2.41. The lowest BCUT2D eigenvalue weighted by Gasteiger charge is -2.16. The smallest absolute Gasteiger partial charge is 0.264 e. The zero-order valence-electron chi connectivity index (χ0n) is 8.13. The van der Waals surface area contributed by atoms with Gasteiger partial charge in [-0.25, -0.2) is 4.68 Å². The number of aromatic amines is 1. The molecule has 13 heavy (non-hydrogen) atoms. The van der Waals surface area contributed by atoms with Gasteiger partial charge in [-0.3, -0.25) is 14.7 Å². The second-order valence-corrected chi connectivity index (χ2v) is 4.29. The van der Waals surface area contributed by atoms with E-state index in [9.17, 15) is 9.59 Å². The molecule has 0 saturated heterocycles. The van der Waals surface area contributed by atoms with Crippen LogP contribution in [0.2, 0.25) is 0 Å². The Morgan fingerprint density at radius 1 is 1.54 bits per heavy atom. The van der Waals surface area contributed by atoms with E-state index in [2.05, 4.69) is 5.10 Å². The summed E-state index contributed by atoms with van der Waals surface area (Å²) in [6.07, 6.45) is 1.87. The van der Waals surface area contributed by atoms with Crippen LogP contribution in [0.25, 0.3) is 0 Å². The molecule has 0 spiro atoms. The average molecular weight is 182 g/mol. The van der Waals surface area contributed by atoms with Gasteiger partial charge in [0.1, 0.15) is 0 Å². The van der Waals surface area contributed by atoms with Crippen LogP contribution in [0.3, 0.4) is 0 Å². The van der Waals surface area contributed by atoms with Crippen molar-refractivity contribution in [3.63, 3.8) is 0 Å². The number of hydrogen-bond donors (Lipinski definition) is 1. The lowest BCUT2D eigenvalue weighted by molar-refractivity contribution is 0.0839. The Morgan fingerprint density at radius 2 is 2.15 bits per heavy atom. The van der Waals surface area contributed by atoms with Gasteiger partial charge in [0.25, 0.3) is 5.56 Å². The van der Waals surface area contributed by atoms with Gasteiger partial charge in [0, 0.05) is 18.7 Å². The molecule has 0 aliphatic carbocycles. The third kappa shape index (κ3) is 2.89. The zero-order valence-corrected chi connectivity index (χ0v) is 8.13. The van der Waals surface area contributed by atoms with Gasteiger partial charge >= 0.3 is 0 Å². The summed E-state index contributed by atoms with van der Waals surface area (Å²) in [4.78, 5) is 22.2. The first-order chi connectivity index (χ1) is 5.88. The second-order valence-electron chi connectivity index (χ2n) is 4.29. The second kappa shape index (κ2) is 3.20. The van der Waals surface area contributed by atoms with Crippen molar-refractivity contribution in [3.05, 3.63) is 22.6 Å². The summed E-state index contributed by atoms with van der Waals surface area (Å²) in [6.45, 7) is 5.94. The lowest BCUT2D eigenvalue weighted by Crippen LogP contribution is -2.20. The Kier molecular flexibility index (Phi) is 2.40. The molecule has 4 nitrogen and oxygen atoms in total. The lowest BCUT2D eigenvalue weighted by atomic mass is 9.92. The van der Waals surface area contributed by atoms with Crippen molar-refractivity contribution in [1.82, 2.24) is 9.78 Å². The summed E-state index contributed by atoms with van der Waals surface area (Å²) in [7, 11) is 0. The number of carbonyl (C=O) groups is 1. The molecule has 1 heterocycles. The fourth-order valence-corrected chi connectivity index (χ4v) is 1.02. The van der Waals surface area contributed by atoms with E-state index in [0.717, 1.165) is 0 Å². The van der Waals surface area contributed by atoms with Gasteiger partial charge in [-0.2, -0.15) is 0 Å². The molecule has 0 aliphatic heterocycles. The third-order valence-electron chi connectivity index (χ3n) is 1.56. The number of carbonyl (C=O) groups excluding carboxylic acids is 1. The number of nitrogens with zero attached hydrogens (tertiary/aromatic N) is 1. The molecule has 72 valence electrons. The van der Waals surface area contributed by atoms with Crippen molar-refractivity contribution in [3.8, 4) is 0 Å². The molecule has 0 aliphatic rings. The highest BCUT2D eigenvalue weighted by molar-refractivity contribution is 5.78. The van der Waals surface area contributed by atoms with Gasteiger partial charge in [-0.05, 0) is 5.41 Å². The van der Waals surface area contributed by atoms with Crippen molar-refractivity contribution in [1.29, 1.82) is 0 Å². The quantitative estimate of drug-likeness (QED) is 0.710. The number of H-pyrrole nitrogens is 1. The summed E-state index contributed by atoms with van der Waals surface area (Å²) in [5.41, 5.74) is -0.305. The molecular formula is C9H14N2O2. The van der Waals surface area contributed by atoms with E-state index >= 15 is 0 Å². The summed E-state index contributed by atoms with van der Waals surface area (Å²) in [6, 6.07) is 1.33. The molecule has 4 heteroatoms. The van der Waals surface area contributed by atoms with E-state index < -0.39 is 0 Å². The van der Waals surface area contributed by atoms with E-state index in [4.69, 9.17) is 0 Å². The van der Waals surface area contributed by atoms with Gasteiger partial charge in [0.05, 0.1) is 0 Å². The molecule has 0 unspecified atom stereocenters. The highest BCUT2D eigenvalue weighted by atomic mass is 16.2. The number of hydrogen-bond acceptors (Lipinski definition) is 2. The molecular weight excluding hydrogens is 168 g/mol. The fourth-order valence-electron chi connectivity index (χ4n) is 1.02. The standard InChI is InChI=1S/C9H14N2O2/c1-9(2,3)6-8(13)11-5-4-7(12)10-11/h4-5H,6H2,1-3H3,(H,10,12). The summed E-state index contributed by atoms with van der Waals surface area (Å²) >= 11 is 0. The van der Waals surface area contributed by atoms with Crippen molar-refractivity contribution in [2.45, 2.75) is 27.2 Å². The molecule has 0 fully saturated rings. The van der Waals surface area contributed by atoms with Crippen LogP contribution in [0.15, 0.2) is 17.1 Å². The molecule has 0 atom stereocenters. The van der Waals surface area contributed by atoms with Crippen LogP contribution in [0.4, 0.5) is 0 Å². The topological polar surface area (TPSA) is 54.9 Å². The number of aromatic nitrogens is 2. The van der Waals surface area contributed by atoms with Crippen molar-refractivity contribution < 1.29 is 4.79 Å². The highest BCUT2D eigenvalue weighted by Gasteiger charge is 2.17. The van der Waals surface area contributed by atoms with E-state index in [1.807, 2.05) is 20.8 Å². The van der Waals surface area contributed by atoms with Gasteiger partial charge in [-0.1, -0.05) is 20.8 Å².